The molecule has 0 amide bonds. The maximum absolute atomic E-state index is 12.8. The summed E-state index contributed by atoms with van der Waals surface area (Å²) in [5, 5.41) is 0. The summed E-state index contributed by atoms with van der Waals surface area (Å²) in [5.41, 5.74) is 9.29. The third-order valence-electron chi connectivity index (χ3n) is 7.98. The highest BCUT2D eigenvalue weighted by Gasteiger charge is 2.26. The van der Waals surface area contributed by atoms with Gasteiger partial charge in [-0.1, -0.05) is 41.5 Å². The molecule has 0 radical (unpaired) electrons. The van der Waals surface area contributed by atoms with Crippen LogP contribution in [0.4, 0.5) is 0 Å². The number of nitrogens with one attached hydrogen (secondary N) is 3. The molecule has 43 heavy (non-hydrogen) atoms. The van der Waals surface area contributed by atoms with Gasteiger partial charge in [-0.2, -0.15) is 0 Å². The van der Waals surface area contributed by atoms with Crippen LogP contribution >= 0.6 is 0 Å². The SMILES string of the molecule is Cc1c(Cc2[nH]c(C(=O)OC(=O)CC(C)(C)C)c(C)c2C)[nH]c(Cc2[nH]c(C(=O)OC(=O)CC(C)(C)C)c(C)c2C)c1C. The van der Waals surface area contributed by atoms with E-state index in [4.69, 9.17) is 9.47 Å². The lowest BCUT2D eigenvalue weighted by molar-refractivity contribution is -0.141. The summed E-state index contributed by atoms with van der Waals surface area (Å²) >= 11 is 0. The Morgan fingerprint density at radius 1 is 0.488 bits per heavy atom. The normalized spacial score (nSPS) is 12.0. The van der Waals surface area contributed by atoms with Crippen molar-refractivity contribution in [2.24, 2.45) is 10.8 Å². The Bertz CT molecular complexity index is 1450. The second-order valence-electron chi connectivity index (χ2n) is 14.1. The average Bonchev–Trinajstić information content (AvgIpc) is 3.39. The Labute approximate surface area is 254 Å². The zero-order chi connectivity index (χ0) is 32.6. The summed E-state index contributed by atoms with van der Waals surface area (Å²) in [6, 6.07) is 0. The van der Waals surface area contributed by atoms with Crippen molar-refractivity contribution < 1.29 is 28.7 Å². The number of H-pyrrole nitrogens is 3. The summed E-state index contributed by atoms with van der Waals surface area (Å²) in [7, 11) is 0. The number of carbonyl (C=O) groups is 4. The maximum Gasteiger partial charge on any atom is 0.362 e. The van der Waals surface area contributed by atoms with Crippen molar-refractivity contribution in [1.29, 1.82) is 0 Å². The highest BCUT2D eigenvalue weighted by molar-refractivity contribution is 5.97. The highest BCUT2D eigenvalue weighted by Crippen LogP contribution is 2.28. The number of ether oxygens (including phenoxy) is 2. The molecule has 0 saturated heterocycles. The van der Waals surface area contributed by atoms with Gasteiger partial charge < -0.3 is 24.4 Å². The first-order chi connectivity index (χ1) is 19.7. The van der Waals surface area contributed by atoms with E-state index in [9.17, 15) is 19.2 Å². The van der Waals surface area contributed by atoms with E-state index in [2.05, 4.69) is 15.0 Å². The third kappa shape index (κ3) is 8.15. The van der Waals surface area contributed by atoms with Crippen LogP contribution in [0.2, 0.25) is 0 Å². The molecule has 9 heteroatoms. The van der Waals surface area contributed by atoms with Crippen molar-refractivity contribution in [2.45, 2.75) is 109 Å². The largest absolute Gasteiger partial charge is 0.388 e. The zero-order valence-electron chi connectivity index (χ0n) is 27.8. The predicted octanol–water partition coefficient (Wildman–Crippen LogP) is 6.94. The van der Waals surface area contributed by atoms with E-state index in [1.54, 1.807) is 0 Å². The van der Waals surface area contributed by atoms with Crippen LogP contribution in [-0.2, 0) is 31.9 Å². The smallest absolute Gasteiger partial charge is 0.362 e. The summed E-state index contributed by atoms with van der Waals surface area (Å²) in [6.07, 6.45) is 1.34. The Morgan fingerprint density at radius 2 is 0.767 bits per heavy atom. The average molecular weight is 594 g/mol. The van der Waals surface area contributed by atoms with Gasteiger partial charge in [-0.05, 0) is 85.8 Å². The molecule has 0 spiro atoms. The van der Waals surface area contributed by atoms with E-state index in [1.807, 2.05) is 83.1 Å². The molecule has 0 aromatic carbocycles. The number of hydrogen-bond donors (Lipinski definition) is 3. The molecule has 3 aromatic heterocycles. The van der Waals surface area contributed by atoms with Crippen LogP contribution in [0.1, 0.15) is 132 Å². The number of hydrogen-bond acceptors (Lipinski definition) is 6. The van der Waals surface area contributed by atoms with Gasteiger partial charge >= 0.3 is 23.9 Å². The molecule has 0 aliphatic heterocycles. The maximum atomic E-state index is 12.8. The molecule has 0 unspecified atom stereocenters. The number of rotatable bonds is 8. The van der Waals surface area contributed by atoms with Crippen molar-refractivity contribution in [3.63, 3.8) is 0 Å². The van der Waals surface area contributed by atoms with Crippen LogP contribution in [0.5, 0.6) is 0 Å². The highest BCUT2D eigenvalue weighted by atomic mass is 16.6. The second kappa shape index (κ2) is 12.4. The summed E-state index contributed by atoms with van der Waals surface area (Å²) < 4.78 is 10.3. The van der Waals surface area contributed by atoms with Crippen molar-refractivity contribution in [2.75, 3.05) is 0 Å². The van der Waals surface area contributed by atoms with Gasteiger partial charge in [0.05, 0.1) is 12.8 Å². The molecule has 3 heterocycles. The van der Waals surface area contributed by atoms with Crippen LogP contribution in [0.15, 0.2) is 0 Å². The molecule has 0 bridgehead atoms. The van der Waals surface area contributed by atoms with Crippen molar-refractivity contribution in [3.05, 3.63) is 67.5 Å². The van der Waals surface area contributed by atoms with E-state index in [0.717, 1.165) is 56.2 Å². The van der Waals surface area contributed by atoms with Crippen molar-refractivity contribution in [3.8, 4) is 0 Å². The first kappa shape index (κ1) is 33.6. The fraction of sp³-hybridized carbons (Fsp3) is 0.529. The minimum absolute atomic E-state index is 0.145. The van der Waals surface area contributed by atoms with Crippen LogP contribution in [0, 0.1) is 52.4 Å². The molecule has 0 saturated carbocycles. The lowest BCUT2D eigenvalue weighted by Gasteiger charge is -2.15. The monoisotopic (exact) mass is 593 g/mol. The van der Waals surface area contributed by atoms with Gasteiger partial charge in [0.15, 0.2) is 0 Å². The molecule has 0 aliphatic carbocycles. The molecular formula is C34H47N3O6. The Balaban J connectivity index is 1.80. The van der Waals surface area contributed by atoms with Crippen molar-refractivity contribution >= 4 is 23.9 Å². The van der Waals surface area contributed by atoms with Gasteiger partial charge in [-0.25, -0.2) is 9.59 Å². The van der Waals surface area contributed by atoms with Gasteiger partial charge in [0, 0.05) is 35.6 Å². The second-order valence-corrected chi connectivity index (χ2v) is 14.1. The van der Waals surface area contributed by atoms with Crippen LogP contribution in [-0.4, -0.2) is 38.8 Å². The Hall–Kier alpha value is -3.88. The topological polar surface area (TPSA) is 134 Å². The summed E-state index contributed by atoms with van der Waals surface area (Å²) in [5.74, 6) is -2.44. The number of carbonyl (C=O) groups excluding carboxylic acids is 4. The van der Waals surface area contributed by atoms with E-state index in [0.29, 0.717) is 12.8 Å². The van der Waals surface area contributed by atoms with Crippen LogP contribution < -0.4 is 0 Å². The first-order valence-corrected chi connectivity index (χ1v) is 14.7. The van der Waals surface area contributed by atoms with Gasteiger partial charge in [0.25, 0.3) is 0 Å². The minimum atomic E-state index is -0.673. The van der Waals surface area contributed by atoms with E-state index in [1.165, 1.54) is 0 Å². The number of aromatic amines is 3. The predicted molar refractivity (Wildman–Crippen MR) is 165 cm³/mol. The van der Waals surface area contributed by atoms with Crippen molar-refractivity contribution in [1.82, 2.24) is 15.0 Å². The molecule has 0 fully saturated rings. The molecule has 3 rings (SSSR count). The minimum Gasteiger partial charge on any atom is -0.388 e. The summed E-state index contributed by atoms with van der Waals surface area (Å²) in [6.45, 7) is 23.2. The van der Waals surface area contributed by atoms with Crippen LogP contribution in [0.25, 0.3) is 0 Å². The Kier molecular flexibility index (Phi) is 9.68. The standard InChI is InChI=1S/C34H47N3O6/c1-17-18(2)24(14-26-20(4)22(6)30(37-26)32(41)43-28(39)16-34(10,11)12)35-23(17)13-25-19(3)21(5)29(36-25)31(40)42-27(38)15-33(7,8)9/h35-37H,13-16H2,1-12H3. The number of esters is 4. The molecule has 3 N–H and O–H groups in total. The van der Waals surface area contributed by atoms with Crippen LogP contribution in [0.3, 0.4) is 0 Å². The fourth-order valence-electron chi connectivity index (χ4n) is 5.04. The molecule has 3 aromatic rings. The lowest BCUT2D eigenvalue weighted by atomic mass is 9.92. The van der Waals surface area contributed by atoms with E-state index in [-0.39, 0.29) is 35.1 Å². The Morgan fingerprint density at radius 3 is 1.07 bits per heavy atom. The molecule has 234 valence electrons. The van der Waals surface area contributed by atoms with Gasteiger partial charge in [0.1, 0.15) is 11.4 Å². The lowest BCUT2D eigenvalue weighted by Crippen LogP contribution is -2.19. The summed E-state index contributed by atoms with van der Waals surface area (Å²) in [4.78, 5) is 60.1. The molecule has 0 atom stereocenters. The number of aromatic nitrogens is 3. The zero-order valence-corrected chi connectivity index (χ0v) is 27.8. The first-order valence-electron chi connectivity index (χ1n) is 14.7. The van der Waals surface area contributed by atoms with E-state index < -0.39 is 23.9 Å². The third-order valence-corrected chi connectivity index (χ3v) is 7.98. The van der Waals surface area contributed by atoms with E-state index >= 15 is 0 Å². The molecule has 0 aliphatic rings. The molecular weight excluding hydrogens is 546 g/mol. The van der Waals surface area contributed by atoms with Gasteiger partial charge in [0.2, 0.25) is 0 Å². The fourth-order valence-corrected chi connectivity index (χ4v) is 5.04. The van der Waals surface area contributed by atoms with Gasteiger partial charge in [-0.3, -0.25) is 9.59 Å². The molecule has 9 nitrogen and oxygen atoms in total. The van der Waals surface area contributed by atoms with Gasteiger partial charge in [-0.15, -0.1) is 0 Å². The quantitative estimate of drug-likeness (QED) is 0.191.